The molecule has 8 heteroatoms. The molecule has 0 radical (unpaired) electrons. The number of ether oxygens (including phenoxy) is 1. The first-order chi connectivity index (χ1) is 18.2. The molecular weight excluding hydrogens is 462 g/mol. The Morgan fingerprint density at radius 2 is 1.76 bits per heavy atom. The first kappa shape index (κ1) is 21.8. The van der Waals surface area contributed by atoms with E-state index in [1.165, 1.54) is 5.69 Å². The highest BCUT2D eigenvalue weighted by molar-refractivity contribution is 5.94. The molecule has 7 rings (SSSR count). The highest BCUT2D eigenvalue weighted by Gasteiger charge is 2.18. The van der Waals surface area contributed by atoms with Gasteiger partial charge in [-0.2, -0.15) is 5.10 Å². The summed E-state index contributed by atoms with van der Waals surface area (Å²) in [5.74, 6) is 2.24. The van der Waals surface area contributed by atoms with E-state index in [0.717, 1.165) is 88.6 Å². The van der Waals surface area contributed by atoms with Crippen molar-refractivity contribution in [3.63, 3.8) is 0 Å². The largest absolute Gasteiger partial charge is 0.457 e. The van der Waals surface area contributed by atoms with Gasteiger partial charge in [0.1, 0.15) is 17.2 Å². The van der Waals surface area contributed by atoms with Crippen LogP contribution in [0.2, 0.25) is 0 Å². The topological polar surface area (TPSA) is 86.0 Å². The number of rotatable bonds is 5. The van der Waals surface area contributed by atoms with Crippen molar-refractivity contribution in [2.75, 3.05) is 37.6 Å². The molecule has 6 aromatic rings. The van der Waals surface area contributed by atoms with Crippen molar-refractivity contribution in [3.05, 3.63) is 72.9 Å². The number of nitrogens with zero attached hydrogens (tertiary/aromatic N) is 5. The maximum absolute atomic E-state index is 6.30. The standard InChI is InChI=1S/C29H27N7O/c1-2-35-13-15-36(16-14-35)19-7-9-25-26(17-19)32-29(31-25)28-22-18-20(8-10-24(22)33-34-28)37-27-11-12-30-23-6-4-3-5-21(23)27/h3-12,17-18H,2,13-16H2,1H3,(H,31,32)(H,33,34). The zero-order valence-corrected chi connectivity index (χ0v) is 20.6. The number of imidazole rings is 1. The Balaban J connectivity index is 1.21. The third-order valence-electron chi connectivity index (χ3n) is 7.25. The van der Waals surface area contributed by atoms with Gasteiger partial charge in [0.05, 0.1) is 22.1 Å². The second-order valence-corrected chi connectivity index (χ2v) is 9.42. The van der Waals surface area contributed by atoms with Crippen LogP contribution < -0.4 is 9.64 Å². The lowest BCUT2D eigenvalue weighted by Crippen LogP contribution is -2.46. The Kier molecular flexibility index (Phi) is 5.25. The lowest BCUT2D eigenvalue weighted by atomic mass is 10.2. The molecule has 0 aliphatic carbocycles. The molecule has 2 N–H and O–H groups in total. The highest BCUT2D eigenvalue weighted by atomic mass is 16.5. The number of pyridine rings is 1. The minimum atomic E-state index is 0.733. The number of piperazine rings is 1. The van der Waals surface area contributed by atoms with Gasteiger partial charge in [-0.3, -0.25) is 10.1 Å². The Hall–Kier alpha value is -4.43. The summed E-state index contributed by atoms with van der Waals surface area (Å²) in [7, 11) is 0. The van der Waals surface area contributed by atoms with E-state index in [4.69, 9.17) is 9.72 Å². The fourth-order valence-electron chi connectivity index (χ4n) is 5.15. The first-order valence-electron chi connectivity index (χ1n) is 12.7. The van der Waals surface area contributed by atoms with E-state index in [0.29, 0.717) is 0 Å². The fourth-order valence-corrected chi connectivity index (χ4v) is 5.15. The number of nitrogens with one attached hydrogen (secondary N) is 2. The molecule has 0 atom stereocenters. The Morgan fingerprint density at radius 3 is 2.65 bits per heavy atom. The van der Waals surface area contributed by atoms with Crippen molar-refractivity contribution < 1.29 is 4.74 Å². The van der Waals surface area contributed by atoms with Crippen LogP contribution in [0.25, 0.3) is 44.4 Å². The van der Waals surface area contributed by atoms with Gasteiger partial charge in [0.2, 0.25) is 0 Å². The van der Waals surface area contributed by atoms with E-state index in [2.05, 4.69) is 55.1 Å². The van der Waals surface area contributed by atoms with Crippen LogP contribution in [0.3, 0.4) is 0 Å². The molecule has 8 nitrogen and oxygen atoms in total. The van der Waals surface area contributed by atoms with E-state index in [-0.39, 0.29) is 0 Å². The summed E-state index contributed by atoms with van der Waals surface area (Å²) in [5, 5.41) is 9.65. The normalized spacial score (nSPS) is 14.7. The lowest BCUT2D eigenvalue weighted by molar-refractivity contribution is 0.271. The molecule has 184 valence electrons. The Labute approximate surface area is 213 Å². The molecule has 0 bridgehead atoms. The lowest BCUT2D eigenvalue weighted by Gasteiger charge is -2.35. The Bertz CT molecular complexity index is 1720. The number of aromatic nitrogens is 5. The number of H-pyrrole nitrogens is 2. The number of fused-ring (bicyclic) bond motifs is 3. The number of hydrogen-bond acceptors (Lipinski definition) is 6. The van der Waals surface area contributed by atoms with E-state index in [1.54, 1.807) is 6.20 Å². The van der Waals surface area contributed by atoms with Gasteiger partial charge in [-0.05, 0) is 61.1 Å². The summed E-state index contributed by atoms with van der Waals surface area (Å²) in [6, 6.07) is 22.3. The molecule has 1 aliphatic heterocycles. The van der Waals surface area contributed by atoms with E-state index >= 15 is 0 Å². The second-order valence-electron chi connectivity index (χ2n) is 9.42. The molecule has 3 aromatic carbocycles. The van der Waals surface area contributed by atoms with Gasteiger partial charge >= 0.3 is 0 Å². The summed E-state index contributed by atoms with van der Waals surface area (Å²) < 4.78 is 6.30. The van der Waals surface area contributed by atoms with Crippen molar-refractivity contribution in [3.8, 4) is 23.0 Å². The molecule has 37 heavy (non-hydrogen) atoms. The molecule has 3 aromatic heterocycles. The molecule has 4 heterocycles. The summed E-state index contributed by atoms with van der Waals surface area (Å²) in [6.07, 6.45) is 1.77. The summed E-state index contributed by atoms with van der Waals surface area (Å²) in [6.45, 7) is 7.62. The van der Waals surface area contributed by atoms with Gasteiger partial charge in [-0.15, -0.1) is 0 Å². The van der Waals surface area contributed by atoms with E-state index < -0.39 is 0 Å². The van der Waals surface area contributed by atoms with Gasteiger partial charge in [0.25, 0.3) is 0 Å². The molecule has 0 saturated carbocycles. The summed E-state index contributed by atoms with van der Waals surface area (Å²) in [4.78, 5) is 17.7. The quantitative estimate of drug-likeness (QED) is 0.328. The zero-order valence-electron chi connectivity index (χ0n) is 20.6. The van der Waals surface area contributed by atoms with Crippen molar-refractivity contribution >= 4 is 38.5 Å². The van der Waals surface area contributed by atoms with Crippen LogP contribution in [0.5, 0.6) is 11.5 Å². The number of anilines is 1. The first-order valence-corrected chi connectivity index (χ1v) is 12.7. The number of benzene rings is 3. The predicted molar refractivity (Wildman–Crippen MR) is 147 cm³/mol. The van der Waals surface area contributed by atoms with Crippen molar-refractivity contribution in [1.82, 2.24) is 30.0 Å². The van der Waals surface area contributed by atoms with Gasteiger partial charge in [-0.1, -0.05) is 19.1 Å². The zero-order chi connectivity index (χ0) is 24.8. The van der Waals surface area contributed by atoms with Gasteiger partial charge in [0.15, 0.2) is 5.82 Å². The summed E-state index contributed by atoms with van der Waals surface area (Å²) >= 11 is 0. The molecule has 0 unspecified atom stereocenters. The van der Waals surface area contributed by atoms with Crippen LogP contribution in [-0.4, -0.2) is 62.8 Å². The van der Waals surface area contributed by atoms with E-state index in [9.17, 15) is 0 Å². The summed E-state index contributed by atoms with van der Waals surface area (Å²) in [5.41, 5.74) is 5.77. The maximum Gasteiger partial charge on any atom is 0.159 e. The van der Waals surface area contributed by atoms with Crippen LogP contribution in [0.4, 0.5) is 5.69 Å². The monoisotopic (exact) mass is 489 g/mol. The molecule has 1 saturated heterocycles. The number of para-hydroxylation sites is 1. The minimum Gasteiger partial charge on any atom is -0.457 e. The van der Waals surface area contributed by atoms with Crippen LogP contribution >= 0.6 is 0 Å². The molecule has 1 aliphatic rings. The van der Waals surface area contributed by atoms with Gasteiger partial charge in [-0.25, -0.2) is 4.98 Å². The van der Waals surface area contributed by atoms with Crippen molar-refractivity contribution in [2.24, 2.45) is 0 Å². The molecular formula is C29H27N7O. The second kappa shape index (κ2) is 8.90. The third kappa shape index (κ3) is 3.95. The SMILES string of the molecule is CCN1CCN(c2ccc3nc(-c4n[nH]c5ccc(Oc6ccnc7ccccc67)cc45)[nH]c3c2)CC1. The minimum absolute atomic E-state index is 0.733. The molecule has 0 spiro atoms. The van der Waals surface area contributed by atoms with Crippen LogP contribution in [0.15, 0.2) is 72.9 Å². The average molecular weight is 490 g/mol. The van der Waals surface area contributed by atoms with Gasteiger partial charge in [0, 0.05) is 48.8 Å². The number of likely N-dealkylation sites (N-methyl/N-ethyl adjacent to an activating group) is 1. The smallest absolute Gasteiger partial charge is 0.159 e. The van der Waals surface area contributed by atoms with Crippen LogP contribution in [0.1, 0.15) is 6.92 Å². The fraction of sp³-hybridized carbons (Fsp3) is 0.207. The predicted octanol–water partition coefficient (Wildman–Crippen LogP) is 5.59. The number of hydrogen-bond donors (Lipinski definition) is 2. The molecule has 0 amide bonds. The third-order valence-corrected chi connectivity index (χ3v) is 7.25. The van der Waals surface area contributed by atoms with Crippen LogP contribution in [0, 0.1) is 0 Å². The Morgan fingerprint density at radius 1 is 0.865 bits per heavy atom. The van der Waals surface area contributed by atoms with Crippen molar-refractivity contribution in [1.29, 1.82) is 0 Å². The highest BCUT2D eigenvalue weighted by Crippen LogP contribution is 2.33. The van der Waals surface area contributed by atoms with Gasteiger partial charge < -0.3 is 19.5 Å². The molecule has 1 fully saturated rings. The van der Waals surface area contributed by atoms with E-state index in [1.807, 2.05) is 48.5 Å². The number of aromatic amines is 2. The average Bonchev–Trinajstić information content (AvgIpc) is 3.56. The maximum atomic E-state index is 6.30. The van der Waals surface area contributed by atoms with Crippen LogP contribution in [-0.2, 0) is 0 Å². The van der Waals surface area contributed by atoms with Crippen molar-refractivity contribution in [2.45, 2.75) is 6.92 Å².